The van der Waals surface area contributed by atoms with Crippen molar-refractivity contribution in [2.75, 3.05) is 23.7 Å². The molecule has 0 aromatic heterocycles. The number of nitrogens with zero attached hydrogens (tertiary/aromatic N) is 2. The molecule has 2 amide bonds. The molecule has 9 heteroatoms. The first-order valence-corrected chi connectivity index (χ1v) is 14.5. The van der Waals surface area contributed by atoms with Crippen LogP contribution in [0.4, 0.5) is 5.69 Å². The fraction of sp³-hybridized carbons (Fsp3) is 0.481. The van der Waals surface area contributed by atoms with E-state index in [-0.39, 0.29) is 31.3 Å². The number of carbonyl (C=O) groups is 2. The zero-order chi connectivity index (χ0) is 26.9. The Morgan fingerprint density at radius 1 is 1.06 bits per heavy atom. The minimum atomic E-state index is -3.53. The highest BCUT2D eigenvalue weighted by Crippen LogP contribution is 2.22. The van der Waals surface area contributed by atoms with Gasteiger partial charge in [-0.2, -0.15) is 0 Å². The number of unbranched alkanes of at least 4 members (excludes halogenated alkanes) is 1. The zero-order valence-electron chi connectivity index (χ0n) is 21.9. The van der Waals surface area contributed by atoms with Crippen molar-refractivity contribution >= 4 is 39.1 Å². The van der Waals surface area contributed by atoms with Crippen molar-refractivity contribution in [2.24, 2.45) is 0 Å². The van der Waals surface area contributed by atoms with Crippen LogP contribution >= 0.6 is 11.6 Å². The van der Waals surface area contributed by atoms with Gasteiger partial charge in [0.05, 0.1) is 11.9 Å². The number of carbonyl (C=O) groups excluding carboxylic acids is 2. The molecule has 0 aliphatic carbocycles. The maximum Gasteiger partial charge on any atom is 0.242 e. The summed E-state index contributed by atoms with van der Waals surface area (Å²) in [5.41, 5.74) is 3.46. The third kappa shape index (κ3) is 8.82. The number of amides is 2. The van der Waals surface area contributed by atoms with Gasteiger partial charge in [-0.15, -0.1) is 0 Å². The Hall–Kier alpha value is -2.58. The van der Waals surface area contributed by atoms with Crippen LogP contribution in [0.3, 0.4) is 0 Å². The molecule has 198 valence electrons. The first kappa shape index (κ1) is 29.6. The smallest absolute Gasteiger partial charge is 0.242 e. The van der Waals surface area contributed by atoms with Crippen molar-refractivity contribution in [3.63, 3.8) is 0 Å². The molecule has 2 aromatic rings. The summed E-state index contributed by atoms with van der Waals surface area (Å²) in [6.07, 6.45) is 3.40. The fourth-order valence-corrected chi connectivity index (χ4v) is 5.01. The molecule has 0 fully saturated rings. The molecule has 0 unspecified atom stereocenters. The monoisotopic (exact) mass is 535 g/mol. The molecule has 0 aliphatic heterocycles. The van der Waals surface area contributed by atoms with E-state index in [1.165, 1.54) is 9.21 Å². The first-order chi connectivity index (χ1) is 16.9. The maximum atomic E-state index is 13.3. The van der Waals surface area contributed by atoms with Crippen molar-refractivity contribution in [2.45, 2.75) is 66.0 Å². The Kier molecular flexibility index (Phi) is 11.2. The zero-order valence-corrected chi connectivity index (χ0v) is 23.5. The van der Waals surface area contributed by atoms with Crippen LogP contribution < -0.4 is 9.62 Å². The topological polar surface area (TPSA) is 86.8 Å². The number of nitrogens with one attached hydrogen (secondary N) is 1. The first-order valence-electron chi connectivity index (χ1n) is 12.3. The summed E-state index contributed by atoms with van der Waals surface area (Å²) >= 11 is 6.13. The summed E-state index contributed by atoms with van der Waals surface area (Å²) in [5.74, 6) is -0.437. The van der Waals surface area contributed by atoms with Gasteiger partial charge in [0.2, 0.25) is 21.8 Å². The summed E-state index contributed by atoms with van der Waals surface area (Å²) in [6.45, 7) is 8.60. The SMILES string of the molecule is CCCCNC(=O)[C@H](C)N(Cc1cccc(Cl)c1)C(=O)CCCN(c1ccc(C)c(C)c1)S(C)(=O)=O. The third-order valence-corrected chi connectivity index (χ3v) is 7.60. The van der Waals surface area contributed by atoms with Gasteiger partial charge in [-0.1, -0.05) is 43.1 Å². The normalized spacial score (nSPS) is 12.2. The molecule has 0 saturated carbocycles. The van der Waals surface area contributed by atoms with Crippen molar-refractivity contribution in [1.29, 1.82) is 0 Å². The van der Waals surface area contributed by atoms with Gasteiger partial charge in [-0.3, -0.25) is 13.9 Å². The van der Waals surface area contributed by atoms with Gasteiger partial charge in [0, 0.05) is 31.1 Å². The van der Waals surface area contributed by atoms with E-state index in [1.807, 2.05) is 39.0 Å². The second-order valence-electron chi connectivity index (χ2n) is 9.18. The lowest BCUT2D eigenvalue weighted by Crippen LogP contribution is -2.48. The van der Waals surface area contributed by atoms with Gasteiger partial charge in [0.15, 0.2) is 0 Å². The van der Waals surface area contributed by atoms with Gasteiger partial charge in [-0.25, -0.2) is 8.42 Å². The molecule has 0 aliphatic rings. The molecule has 1 N–H and O–H groups in total. The highest BCUT2D eigenvalue weighted by atomic mass is 35.5. The van der Waals surface area contributed by atoms with Crippen LogP contribution in [0.2, 0.25) is 5.02 Å². The number of rotatable bonds is 13. The summed E-state index contributed by atoms with van der Waals surface area (Å²) in [4.78, 5) is 27.6. The van der Waals surface area contributed by atoms with Crippen molar-refractivity contribution in [1.82, 2.24) is 10.2 Å². The van der Waals surface area contributed by atoms with E-state index in [4.69, 9.17) is 11.6 Å². The molecule has 0 bridgehead atoms. The number of halogens is 1. The lowest BCUT2D eigenvalue weighted by atomic mass is 10.1. The van der Waals surface area contributed by atoms with E-state index in [9.17, 15) is 18.0 Å². The molecule has 36 heavy (non-hydrogen) atoms. The van der Waals surface area contributed by atoms with Crippen LogP contribution in [0.1, 0.15) is 56.2 Å². The molecular weight excluding hydrogens is 498 g/mol. The predicted molar refractivity (Wildman–Crippen MR) is 147 cm³/mol. The molecule has 1 atom stereocenters. The molecule has 0 heterocycles. The van der Waals surface area contributed by atoms with Crippen molar-refractivity contribution in [3.05, 3.63) is 64.2 Å². The fourth-order valence-electron chi connectivity index (χ4n) is 3.84. The maximum absolute atomic E-state index is 13.3. The highest BCUT2D eigenvalue weighted by molar-refractivity contribution is 7.92. The molecule has 2 rings (SSSR count). The Labute approximate surface area is 220 Å². The lowest BCUT2D eigenvalue weighted by molar-refractivity contribution is -0.140. The lowest BCUT2D eigenvalue weighted by Gasteiger charge is -2.29. The average molecular weight is 536 g/mol. The largest absolute Gasteiger partial charge is 0.354 e. The second-order valence-corrected chi connectivity index (χ2v) is 11.5. The van der Waals surface area contributed by atoms with Gasteiger partial charge in [0.1, 0.15) is 6.04 Å². The van der Waals surface area contributed by atoms with E-state index in [2.05, 4.69) is 5.32 Å². The molecule has 0 radical (unpaired) electrons. The summed E-state index contributed by atoms with van der Waals surface area (Å²) in [7, 11) is -3.53. The van der Waals surface area contributed by atoms with E-state index >= 15 is 0 Å². The van der Waals surface area contributed by atoms with Crippen LogP contribution in [0.5, 0.6) is 0 Å². The van der Waals surface area contributed by atoms with Crippen molar-refractivity contribution < 1.29 is 18.0 Å². The quantitative estimate of drug-likeness (QED) is 0.372. The minimum absolute atomic E-state index is 0.101. The Morgan fingerprint density at radius 2 is 1.78 bits per heavy atom. The third-order valence-electron chi connectivity index (χ3n) is 6.17. The van der Waals surface area contributed by atoms with Crippen LogP contribution in [0.25, 0.3) is 0 Å². The van der Waals surface area contributed by atoms with Crippen LogP contribution in [-0.4, -0.2) is 50.5 Å². The molecule has 0 saturated heterocycles. The van der Waals surface area contributed by atoms with Crippen molar-refractivity contribution in [3.8, 4) is 0 Å². The molecule has 0 spiro atoms. The average Bonchev–Trinajstić information content (AvgIpc) is 2.81. The van der Waals surface area contributed by atoms with Gasteiger partial charge in [0.25, 0.3) is 0 Å². The predicted octanol–water partition coefficient (Wildman–Crippen LogP) is 4.84. The van der Waals surface area contributed by atoms with E-state index in [0.717, 1.165) is 35.8 Å². The standard InChI is InChI=1S/C27H38ClN3O4S/c1-6-7-15-29-27(33)22(4)30(19-23-10-8-11-24(28)18-23)26(32)12-9-16-31(36(5,34)35)25-14-13-20(2)21(3)17-25/h8,10-11,13-14,17-18,22H,6-7,9,12,15-16,19H2,1-5H3,(H,29,33)/t22-/m0/s1. The molecule has 7 nitrogen and oxygen atoms in total. The van der Waals surface area contributed by atoms with E-state index in [0.29, 0.717) is 23.7 Å². The molecular formula is C27H38ClN3O4S. The minimum Gasteiger partial charge on any atom is -0.354 e. The van der Waals surface area contributed by atoms with Crippen LogP contribution in [-0.2, 0) is 26.2 Å². The number of sulfonamides is 1. The number of aryl methyl sites for hydroxylation is 2. The summed E-state index contributed by atoms with van der Waals surface area (Å²) in [5, 5.41) is 3.45. The molecule has 2 aromatic carbocycles. The Bertz CT molecular complexity index is 1150. The van der Waals surface area contributed by atoms with E-state index in [1.54, 1.807) is 31.2 Å². The summed E-state index contributed by atoms with van der Waals surface area (Å²) < 4.78 is 26.3. The van der Waals surface area contributed by atoms with Gasteiger partial charge < -0.3 is 10.2 Å². The van der Waals surface area contributed by atoms with Gasteiger partial charge in [-0.05, 0) is 74.6 Å². The number of hydrogen-bond acceptors (Lipinski definition) is 4. The number of hydrogen-bond donors (Lipinski definition) is 1. The number of benzene rings is 2. The highest BCUT2D eigenvalue weighted by Gasteiger charge is 2.26. The summed E-state index contributed by atoms with van der Waals surface area (Å²) in [6, 6.07) is 12.0. The van der Waals surface area contributed by atoms with Gasteiger partial charge >= 0.3 is 0 Å². The van der Waals surface area contributed by atoms with Crippen LogP contribution in [0.15, 0.2) is 42.5 Å². The Morgan fingerprint density at radius 3 is 2.39 bits per heavy atom. The van der Waals surface area contributed by atoms with E-state index < -0.39 is 16.1 Å². The number of anilines is 1. The van der Waals surface area contributed by atoms with Crippen LogP contribution in [0, 0.1) is 13.8 Å². The Balaban J connectivity index is 2.16. The second kappa shape index (κ2) is 13.7.